The van der Waals surface area contributed by atoms with Gasteiger partial charge in [0, 0.05) is 12.5 Å². The number of rotatable bonds is 4. The van der Waals surface area contributed by atoms with Gasteiger partial charge in [0.1, 0.15) is 0 Å². The molecule has 98 valence electrons. The molecule has 0 bridgehead atoms. The van der Waals surface area contributed by atoms with Gasteiger partial charge in [-0.05, 0) is 49.3 Å². The third-order valence-electron chi connectivity index (χ3n) is 3.81. The van der Waals surface area contributed by atoms with Crippen LogP contribution >= 0.6 is 0 Å². The molecule has 1 aromatic rings. The molecule has 0 aromatic heterocycles. The van der Waals surface area contributed by atoms with Gasteiger partial charge in [0.15, 0.2) is 11.5 Å². The molecule has 0 spiro atoms. The van der Waals surface area contributed by atoms with Gasteiger partial charge in [0.25, 0.3) is 0 Å². The number of aryl methyl sites for hydroxylation is 1. The van der Waals surface area contributed by atoms with Gasteiger partial charge in [-0.3, -0.25) is 0 Å². The maximum absolute atomic E-state index is 6.13. The minimum Gasteiger partial charge on any atom is -0.490 e. The second-order valence-electron chi connectivity index (χ2n) is 5.37. The zero-order valence-corrected chi connectivity index (χ0v) is 10.7. The highest BCUT2D eigenvalue weighted by molar-refractivity contribution is 5.43. The second-order valence-corrected chi connectivity index (χ2v) is 5.37. The van der Waals surface area contributed by atoms with Crippen molar-refractivity contribution in [2.75, 3.05) is 13.2 Å². The zero-order chi connectivity index (χ0) is 12.4. The van der Waals surface area contributed by atoms with Gasteiger partial charge in [-0.15, -0.1) is 0 Å². The molecule has 0 amide bonds. The molecule has 3 nitrogen and oxygen atoms in total. The van der Waals surface area contributed by atoms with Crippen LogP contribution in [0.2, 0.25) is 0 Å². The Morgan fingerprint density at radius 2 is 1.94 bits per heavy atom. The van der Waals surface area contributed by atoms with E-state index in [0.29, 0.717) is 6.04 Å². The van der Waals surface area contributed by atoms with Gasteiger partial charge in [-0.25, -0.2) is 0 Å². The minimum atomic E-state index is 0.376. The van der Waals surface area contributed by atoms with Crippen molar-refractivity contribution in [2.24, 2.45) is 11.7 Å². The standard InChI is InChI=1S/C15H21NO2/c16-13(12-4-5-12)6-2-11-3-7-14-15(10-11)18-9-1-8-17-14/h3,7,10,12-13H,1-2,4-6,8-9,16H2. The Kier molecular flexibility index (Phi) is 3.41. The molecule has 1 unspecified atom stereocenters. The summed E-state index contributed by atoms with van der Waals surface area (Å²) >= 11 is 0. The third kappa shape index (κ3) is 2.78. The highest BCUT2D eigenvalue weighted by atomic mass is 16.5. The van der Waals surface area contributed by atoms with E-state index in [2.05, 4.69) is 12.1 Å². The fourth-order valence-electron chi connectivity index (χ4n) is 2.46. The van der Waals surface area contributed by atoms with Gasteiger partial charge in [0.05, 0.1) is 13.2 Å². The third-order valence-corrected chi connectivity index (χ3v) is 3.81. The van der Waals surface area contributed by atoms with Crippen LogP contribution in [-0.4, -0.2) is 19.3 Å². The number of fused-ring (bicyclic) bond motifs is 1. The Labute approximate surface area is 108 Å². The first-order chi connectivity index (χ1) is 8.83. The summed E-state index contributed by atoms with van der Waals surface area (Å²) in [4.78, 5) is 0. The summed E-state index contributed by atoms with van der Waals surface area (Å²) in [6.07, 6.45) is 5.71. The summed E-state index contributed by atoms with van der Waals surface area (Å²) in [5, 5.41) is 0. The van der Waals surface area contributed by atoms with Crippen LogP contribution in [0, 0.1) is 5.92 Å². The molecule has 1 aliphatic carbocycles. The largest absolute Gasteiger partial charge is 0.490 e. The zero-order valence-electron chi connectivity index (χ0n) is 10.7. The van der Waals surface area contributed by atoms with Crippen molar-refractivity contribution in [3.63, 3.8) is 0 Å². The van der Waals surface area contributed by atoms with Crippen molar-refractivity contribution in [1.82, 2.24) is 0 Å². The molecule has 3 heteroatoms. The predicted octanol–water partition coefficient (Wildman–Crippen LogP) is 2.52. The molecule has 18 heavy (non-hydrogen) atoms. The molecule has 0 radical (unpaired) electrons. The van der Waals surface area contributed by atoms with Gasteiger partial charge < -0.3 is 15.2 Å². The van der Waals surface area contributed by atoms with E-state index in [9.17, 15) is 0 Å². The maximum Gasteiger partial charge on any atom is 0.161 e. The fourth-order valence-corrected chi connectivity index (χ4v) is 2.46. The number of nitrogens with two attached hydrogens (primary N) is 1. The quantitative estimate of drug-likeness (QED) is 0.889. The van der Waals surface area contributed by atoms with Crippen molar-refractivity contribution in [3.8, 4) is 11.5 Å². The molecule has 1 aromatic carbocycles. The topological polar surface area (TPSA) is 44.5 Å². The summed E-state index contributed by atoms with van der Waals surface area (Å²) in [6, 6.07) is 6.65. The van der Waals surface area contributed by atoms with E-state index < -0.39 is 0 Å². The predicted molar refractivity (Wildman–Crippen MR) is 71.1 cm³/mol. The maximum atomic E-state index is 6.13. The van der Waals surface area contributed by atoms with E-state index in [1.165, 1.54) is 18.4 Å². The minimum absolute atomic E-state index is 0.376. The van der Waals surface area contributed by atoms with Crippen LogP contribution in [0.4, 0.5) is 0 Å². The lowest BCUT2D eigenvalue weighted by Crippen LogP contribution is -2.22. The van der Waals surface area contributed by atoms with Crippen LogP contribution in [-0.2, 0) is 6.42 Å². The molecule has 2 N–H and O–H groups in total. The summed E-state index contributed by atoms with van der Waals surface area (Å²) in [5.41, 5.74) is 7.43. The van der Waals surface area contributed by atoms with Crippen LogP contribution in [0.5, 0.6) is 11.5 Å². The van der Waals surface area contributed by atoms with Crippen molar-refractivity contribution < 1.29 is 9.47 Å². The van der Waals surface area contributed by atoms with E-state index >= 15 is 0 Å². The molecular weight excluding hydrogens is 226 g/mol. The van der Waals surface area contributed by atoms with Crippen molar-refractivity contribution in [2.45, 2.75) is 38.1 Å². The Balaban J connectivity index is 1.63. The highest BCUT2D eigenvalue weighted by Crippen LogP contribution is 2.34. The van der Waals surface area contributed by atoms with E-state index in [1.807, 2.05) is 6.07 Å². The monoisotopic (exact) mass is 247 g/mol. The lowest BCUT2D eigenvalue weighted by molar-refractivity contribution is 0.297. The average Bonchev–Trinajstić information content (AvgIpc) is 3.21. The van der Waals surface area contributed by atoms with Gasteiger partial charge >= 0.3 is 0 Å². The summed E-state index contributed by atoms with van der Waals surface area (Å²) in [5.74, 6) is 2.55. The van der Waals surface area contributed by atoms with Crippen LogP contribution in [0.3, 0.4) is 0 Å². The summed E-state index contributed by atoms with van der Waals surface area (Å²) in [6.45, 7) is 1.50. The first-order valence-electron chi connectivity index (χ1n) is 6.97. The van der Waals surface area contributed by atoms with Gasteiger partial charge in [0.2, 0.25) is 0 Å². The molecule has 2 aliphatic rings. The molecule has 0 saturated heterocycles. The van der Waals surface area contributed by atoms with Gasteiger partial charge in [-0.2, -0.15) is 0 Å². The number of hydrogen-bond acceptors (Lipinski definition) is 3. The lowest BCUT2D eigenvalue weighted by atomic mass is 10.0. The number of hydrogen-bond donors (Lipinski definition) is 1. The van der Waals surface area contributed by atoms with Crippen molar-refractivity contribution >= 4 is 0 Å². The van der Waals surface area contributed by atoms with Gasteiger partial charge in [-0.1, -0.05) is 6.07 Å². The molecule has 1 aliphatic heterocycles. The van der Waals surface area contributed by atoms with E-state index in [0.717, 1.165) is 49.9 Å². The smallest absolute Gasteiger partial charge is 0.161 e. The normalized spacial score (nSPS) is 20.3. The Morgan fingerprint density at radius 3 is 2.72 bits per heavy atom. The van der Waals surface area contributed by atoms with Crippen molar-refractivity contribution in [1.29, 1.82) is 0 Å². The average molecular weight is 247 g/mol. The number of ether oxygens (including phenoxy) is 2. The van der Waals surface area contributed by atoms with Crippen LogP contribution in [0.1, 0.15) is 31.2 Å². The molecule has 1 saturated carbocycles. The first kappa shape index (κ1) is 11.8. The Hall–Kier alpha value is -1.22. The summed E-state index contributed by atoms with van der Waals surface area (Å²) in [7, 11) is 0. The lowest BCUT2D eigenvalue weighted by Gasteiger charge is -2.12. The molecule has 3 rings (SSSR count). The van der Waals surface area contributed by atoms with Crippen molar-refractivity contribution in [3.05, 3.63) is 23.8 Å². The Bertz CT molecular complexity index is 415. The molecule has 1 fully saturated rings. The van der Waals surface area contributed by atoms with Crippen LogP contribution < -0.4 is 15.2 Å². The van der Waals surface area contributed by atoms with E-state index in [1.54, 1.807) is 0 Å². The first-order valence-corrected chi connectivity index (χ1v) is 6.97. The van der Waals surface area contributed by atoms with E-state index in [4.69, 9.17) is 15.2 Å². The molecular formula is C15H21NO2. The number of benzene rings is 1. The van der Waals surface area contributed by atoms with Crippen LogP contribution in [0.25, 0.3) is 0 Å². The Morgan fingerprint density at radius 1 is 1.17 bits per heavy atom. The summed E-state index contributed by atoms with van der Waals surface area (Å²) < 4.78 is 11.3. The SMILES string of the molecule is NC(CCc1ccc2c(c1)OCCCO2)C1CC1. The van der Waals surface area contributed by atoms with Crippen LogP contribution in [0.15, 0.2) is 18.2 Å². The molecule has 1 heterocycles. The van der Waals surface area contributed by atoms with E-state index in [-0.39, 0.29) is 0 Å². The highest BCUT2D eigenvalue weighted by Gasteiger charge is 2.27. The molecule has 1 atom stereocenters. The fraction of sp³-hybridized carbons (Fsp3) is 0.600. The second kappa shape index (κ2) is 5.19.